The second-order valence-electron chi connectivity index (χ2n) is 5.87. The highest BCUT2D eigenvalue weighted by Gasteiger charge is 2.48. The Labute approximate surface area is 152 Å². The van der Waals surface area contributed by atoms with E-state index in [1.54, 1.807) is 0 Å². The lowest BCUT2D eigenvalue weighted by Gasteiger charge is -2.38. The highest BCUT2D eigenvalue weighted by atomic mass is 28.4. The Balaban J connectivity index is 5.26. The molecule has 0 radical (unpaired) electrons. The fourth-order valence-electron chi connectivity index (χ4n) is 2.00. The van der Waals surface area contributed by atoms with E-state index < -0.39 is 21.1 Å². The Morgan fingerprint density at radius 1 is 0.800 bits per heavy atom. The predicted molar refractivity (Wildman–Crippen MR) is 94.0 cm³/mol. The van der Waals surface area contributed by atoms with Crippen LogP contribution in [-0.2, 0) is 23.7 Å². The predicted octanol–water partition coefficient (Wildman–Crippen LogP) is 2.23. The molecule has 3 N–H and O–H groups in total. The van der Waals surface area contributed by atoms with E-state index in [9.17, 15) is 0 Å². The van der Waals surface area contributed by atoms with Gasteiger partial charge in [-0.25, -0.2) is 0 Å². The summed E-state index contributed by atoms with van der Waals surface area (Å²) in [5.41, 5.74) is 0. The molecule has 0 aliphatic rings. The first-order valence-corrected chi connectivity index (χ1v) is 11.0. The quantitative estimate of drug-likeness (QED) is 0.115. The van der Waals surface area contributed by atoms with Gasteiger partial charge in [-0.3, -0.25) is 0 Å². The Morgan fingerprint density at radius 2 is 1.28 bits per heavy atom. The number of hydrogen-bond donors (Lipinski definition) is 3. The lowest BCUT2D eigenvalue weighted by Crippen LogP contribution is -2.54. The average molecular weight is 385 g/mol. The van der Waals surface area contributed by atoms with Crippen molar-refractivity contribution in [2.75, 3.05) is 19.8 Å². The minimum Gasteiger partial charge on any atom is -0.370 e. The van der Waals surface area contributed by atoms with E-state index in [2.05, 4.69) is 11.5 Å². The van der Waals surface area contributed by atoms with Gasteiger partial charge in [0.25, 0.3) is 0 Å². The normalized spacial score (nSPS) is 14.0. The Morgan fingerprint density at radius 3 is 1.68 bits per heavy atom. The van der Waals surface area contributed by atoms with Crippen molar-refractivity contribution in [1.82, 2.24) is 0 Å². The molecule has 0 aliphatic carbocycles. The molecular weight excluding hydrogens is 348 g/mol. The molecule has 0 fully saturated rings. The first kappa shape index (κ1) is 24.9. The maximum absolute atomic E-state index is 9.14. The van der Waals surface area contributed by atoms with Gasteiger partial charge in [-0.2, -0.15) is 9.46 Å². The van der Waals surface area contributed by atoms with Crippen molar-refractivity contribution >= 4 is 9.05 Å². The van der Waals surface area contributed by atoms with Gasteiger partial charge in [0.15, 0.2) is 0 Å². The molecule has 0 heterocycles. The number of unbranched alkanes of at least 4 members (excludes halogenated alkanes) is 3. The molecule has 0 spiro atoms. The second kappa shape index (κ2) is 14.0. The maximum atomic E-state index is 9.14. The molecule has 0 rings (SSSR count). The van der Waals surface area contributed by atoms with Gasteiger partial charge in [0.1, 0.15) is 6.10 Å². The molecule has 1 atom stereocenters. The summed E-state index contributed by atoms with van der Waals surface area (Å²) in [6.07, 6.45) is 4.98. The van der Waals surface area contributed by atoms with Crippen molar-refractivity contribution in [1.29, 1.82) is 0 Å². The van der Waals surface area contributed by atoms with Crippen LogP contribution < -0.4 is 0 Å². The van der Waals surface area contributed by atoms with Crippen molar-refractivity contribution < 1.29 is 38.1 Å². The lowest BCUT2D eigenvalue weighted by molar-refractivity contribution is -0.513. The van der Waals surface area contributed by atoms with Gasteiger partial charge in [0.2, 0.25) is 0 Å². The van der Waals surface area contributed by atoms with E-state index in [-0.39, 0.29) is 0 Å². The van der Waals surface area contributed by atoms with E-state index in [4.69, 9.17) is 33.5 Å². The highest BCUT2D eigenvalue weighted by molar-refractivity contribution is 6.48. The average Bonchev–Trinajstić information content (AvgIpc) is 2.56. The van der Waals surface area contributed by atoms with Crippen molar-refractivity contribution in [3.05, 3.63) is 0 Å². The van der Waals surface area contributed by atoms with Crippen LogP contribution in [0.25, 0.3) is 0 Å². The van der Waals surface area contributed by atoms with Crippen LogP contribution in [0.15, 0.2) is 0 Å². The minimum atomic E-state index is -4.90. The summed E-state index contributed by atoms with van der Waals surface area (Å²) in [7, 11) is -4.90. The zero-order valence-corrected chi connectivity index (χ0v) is 17.0. The molecule has 0 amide bonds. The molecule has 8 nitrogen and oxygen atoms in total. The topological polar surface area (TPSA) is 107 Å². The third-order valence-electron chi connectivity index (χ3n) is 3.45. The van der Waals surface area contributed by atoms with Crippen molar-refractivity contribution in [2.24, 2.45) is 0 Å². The molecule has 0 aromatic heterocycles. The van der Waals surface area contributed by atoms with Crippen LogP contribution in [0.2, 0.25) is 0 Å². The van der Waals surface area contributed by atoms with Gasteiger partial charge in [-0.05, 0) is 25.7 Å². The Kier molecular flexibility index (Phi) is 14.0. The van der Waals surface area contributed by atoms with Crippen molar-refractivity contribution in [3.8, 4) is 0 Å². The standard InChI is InChI=1S/C16H36O8Si/c1-5-9-12-20-15(8-4)16(21-13-10-6-2,22-14-11-7-3)23-24-25(17,18)19/h15,17-19H,5-14H2,1-4H3. The van der Waals surface area contributed by atoms with Gasteiger partial charge in [0, 0.05) is 6.61 Å². The van der Waals surface area contributed by atoms with Gasteiger partial charge in [-0.15, -0.1) is 0 Å². The van der Waals surface area contributed by atoms with E-state index in [0.29, 0.717) is 26.2 Å². The molecule has 0 aromatic carbocycles. The van der Waals surface area contributed by atoms with Crippen molar-refractivity contribution in [2.45, 2.75) is 84.7 Å². The second-order valence-corrected chi connectivity index (χ2v) is 7.18. The van der Waals surface area contributed by atoms with E-state index in [1.165, 1.54) is 0 Å². The van der Waals surface area contributed by atoms with Crippen LogP contribution in [-0.4, -0.2) is 55.3 Å². The largest absolute Gasteiger partial charge is 0.699 e. The summed E-state index contributed by atoms with van der Waals surface area (Å²) in [5, 5.41) is 0. The minimum absolute atomic E-state index is 0.316. The molecule has 25 heavy (non-hydrogen) atoms. The van der Waals surface area contributed by atoms with E-state index in [1.807, 2.05) is 20.8 Å². The van der Waals surface area contributed by atoms with Gasteiger partial charge in [-0.1, -0.05) is 47.0 Å². The molecule has 1 unspecified atom stereocenters. The zero-order valence-electron chi connectivity index (χ0n) is 16.0. The molecule has 0 saturated heterocycles. The summed E-state index contributed by atoms with van der Waals surface area (Å²) in [6.45, 7) is 9.07. The van der Waals surface area contributed by atoms with Crippen molar-refractivity contribution in [3.63, 3.8) is 0 Å². The van der Waals surface area contributed by atoms with Crippen LogP contribution in [0.5, 0.6) is 0 Å². The fourth-order valence-corrected chi connectivity index (χ4v) is 2.23. The third-order valence-corrected chi connectivity index (χ3v) is 3.76. The van der Waals surface area contributed by atoms with Crippen LogP contribution in [0.4, 0.5) is 0 Å². The Bertz CT molecular complexity index is 301. The van der Waals surface area contributed by atoms with E-state index in [0.717, 1.165) is 38.5 Å². The van der Waals surface area contributed by atoms with Gasteiger partial charge < -0.3 is 28.6 Å². The monoisotopic (exact) mass is 384 g/mol. The van der Waals surface area contributed by atoms with Gasteiger partial charge >= 0.3 is 15.0 Å². The summed E-state index contributed by atoms with van der Waals surface area (Å²) >= 11 is 0. The Hall–Kier alpha value is -0.103. The fraction of sp³-hybridized carbons (Fsp3) is 1.00. The van der Waals surface area contributed by atoms with Crippen LogP contribution in [0.3, 0.4) is 0 Å². The first-order valence-electron chi connectivity index (χ1n) is 9.28. The lowest BCUT2D eigenvalue weighted by atomic mass is 10.2. The van der Waals surface area contributed by atoms with E-state index >= 15 is 0 Å². The molecule has 0 bridgehead atoms. The molecule has 0 aromatic rings. The maximum Gasteiger partial charge on any atom is 0.699 e. The van der Waals surface area contributed by atoms with Gasteiger partial charge in [0.05, 0.1) is 13.2 Å². The summed E-state index contributed by atoms with van der Waals surface area (Å²) in [6, 6.07) is 0. The molecule has 9 heteroatoms. The highest BCUT2D eigenvalue weighted by Crippen LogP contribution is 2.28. The summed E-state index contributed by atoms with van der Waals surface area (Å²) in [5.74, 6) is -1.76. The summed E-state index contributed by atoms with van der Waals surface area (Å²) < 4.78 is 21.8. The summed E-state index contributed by atoms with van der Waals surface area (Å²) in [4.78, 5) is 32.5. The SMILES string of the molecule is CCCCOC(CC)C(OCCCC)(OCCCC)OO[Si](O)(O)O. The first-order chi connectivity index (χ1) is 11.8. The third kappa shape index (κ3) is 11.3. The van der Waals surface area contributed by atoms with Crippen LogP contribution in [0, 0.1) is 0 Å². The van der Waals surface area contributed by atoms with Crippen LogP contribution in [0.1, 0.15) is 72.6 Å². The number of ether oxygens (including phenoxy) is 3. The van der Waals surface area contributed by atoms with Crippen LogP contribution >= 0.6 is 0 Å². The number of rotatable bonds is 17. The molecule has 0 saturated carbocycles. The molecule has 152 valence electrons. The molecule has 0 aliphatic heterocycles. The number of hydrogen-bond acceptors (Lipinski definition) is 8. The zero-order chi connectivity index (χ0) is 19.2. The smallest absolute Gasteiger partial charge is 0.370 e. The molecular formula is C16H36O8Si.